The van der Waals surface area contributed by atoms with Gasteiger partial charge in [0.25, 0.3) is 5.91 Å². The van der Waals surface area contributed by atoms with Crippen molar-refractivity contribution in [1.29, 1.82) is 0 Å². The number of alkyl halides is 3. The average molecular weight is 478 g/mol. The maximum atomic E-state index is 14.1. The molecule has 1 atom stereocenters. The Kier molecular flexibility index (Phi) is 5.55. The van der Waals surface area contributed by atoms with Crippen LogP contribution in [-0.4, -0.2) is 40.2 Å². The van der Waals surface area contributed by atoms with Crippen LogP contribution in [0.3, 0.4) is 0 Å². The van der Waals surface area contributed by atoms with E-state index in [1.807, 2.05) is 0 Å². The number of phenols is 1. The van der Waals surface area contributed by atoms with Crippen molar-refractivity contribution in [3.8, 4) is 11.5 Å². The van der Waals surface area contributed by atoms with Crippen LogP contribution in [0.25, 0.3) is 10.8 Å². The maximum absolute atomic E-state index is 14.1. The zero-order valence-electron chi connectivity index (χ0n) is 18.2. The van der Waals surface area contributed by atoms with Crippen LogP contribution in [0.5, 0.6) is 11.5 Å². The molecule has 0 saturated heterocycles. The van der Waals surface area contributed by atoms with Crippen molar-refractivity contribution in [3.05, 3.63) is 58.1 Å². The number of aryl methyl sites for hydroxylation is 1. The number of para-hydroxylation sites is 1. The minimum Gasteiger partial charge on any atom is -0.504 e. The second kappa shape index (κ2) is 8.01. The van der Waals surface area contributed by atoms with Crippen molar-refractivity contribution >= 4 is 22.4 Å². The smallest absolute Gasteiger partial charge is 0.426 e. The van der Waals surface area contributed by atoms with Crippen LogP contribution in [0, 0.1) is 6.92 Å². The van der Waals surface area contributed by atoms with Crippen molar-refractivity contribution in [2.75, 3.05) is 12.4 Å². The summed E-state index contributed by atoms with van der Waals surface area (Å²) in [5, 5.41) is 26.9. The van der Waals surface area contributed by atoms with E-state index in [9.17, 15) is 33.0 Å². The molecule has 3 aromatic rings. The van der Waals surface area contributed by atoms with Crippen LogP contribution in [0.15, 0.2) is 45.7 Å². The van der Waals surface area contributed by atoms with Crippen molar-refractivity contribution in [2.24, 2.45) is 0 Å². The lowest BCUT2D eigenvalue weighted by molar-refractivity contribution is -0.253. The van der Waals surface area contributed by atoms with Crippen molar-refractivity contribution in [2.45, 2.75) is 43.4 Å². The van der Waals surface area contributed by atoms with Gasteiger partial charge in [0.1, 0.15) is 0 Å². The largest absolute Gasteiger partial charge is 0.504 e. The standard InChI is InChI=1S/C23H21F3N2O6/c1-12-15-10-13(6-7-14(15)19(30)34-28-12)27-20(31)22(32,23(24,25)26)11-21(8-9-21)16-4-3-5-17(29)18(16)33-2/h3-7,10,29,32H,8-9,11H2,1-2H3,(H,27,31). The first-order valence-corrected chi connectivity index (χ1v) is 10.3. The van der Waals surface area contributed by atoms with Crippen molar-refractivity contribution in [3.63, 3.8) is 0 Å². The van der Waals surface area contributed by atoms with Gasteiger partial charge in [-0.25, -0.2) is 4.79 Å². The molecule has 1 heterocycles. The van der Waals surface area contributed by atoms with Gasteiger partial charge in [-0.15, -0.1) is 0 Å². The highest BCUT2D eigenvalue weighted by atomic mass is 19.4. The quantitative estimate of drug-likeness (QED) is 0.495. The summed E-state index contributed by atoms with van der Waals surface area (Å²) in [7, 11) is 1.27. The van der Waals surface area contributed by atoms with E-state index >= 15 is 0 Å². The number of rotatable bonds is 6. The number of carbonyl (C=O) groups is 1. The van der Waals surface area contributed by atoms with Gasteiger partial charge in [-0.2, -0.15) is 13.2 Å². The summed E-state index contributed by atoms with van der Waals surface area (Å²) in [5.74, 6) is -1.92. The molecular weight excluding hydrogens is 457 g/mol. The number of phenolic OH excluding ortho intramolecular Hbond substituents is 1. The predicted molar refractivity (Wildman–Crippen MR) is 115 cm³/mol. The number of hydrogen-bond donors (Lipinski definition) is 3. The number of aromatic hydroxyl groups is 1. The lowest BCUT2D eigenvalue weighted by atomic mass is 9.81. The molecule has 1 unspecified atom stereocenters. The molecule has 0 bridgehead atoms. The maximum Gasteiger partial charge on any atom is 0.426 e. The van der Waals surface area contributed by atoms with E-state index in [2.05, 4.69) is 15.0 Å². The highest BCUT2D eigenvalue weighted by Gasteiger charge is 2.65. The fourth-order valence-electron chi connectivity index (χ4n) is 4.19. The zero-order valence-corrected chi connectivity index (χ0v) is 18.2. The number of hydrogen-bond acceptors (Lipinski definition) is 7. The second-order valence-corrected chi connectivity index (χ2v) is 8.44. The topological polar surface area (TPSA) is 122 Å². The molecular formula is C23H21F3N2O6. The summed E-state index contributed by atoms with van der Waals surface area (Å²) >= 11 is 0. The molecule has 8 nitrogen and oxygen atoms in total. The third-order valence-corrected chi connectivity index (χ3v) is 6.21. The number of anilines is 1. The van der Waals surface area contributed by atoms with Gasteiger partial charge in [-0.3, -0.25) is 4.79 Å². The molecule has 11 heteroatoms. The fraction of sp³-hybridized carbons (Fsp3) is 0.348. The van der Waals surface area contributed by atoms with Gasteiger partial charge in [0.2, 0.25) is 5.60 Å². The van der Waals surface area contributed by atoms with Gasteiger partial charge >= 0.3 is 11.8 Å². The van der Waals surface area contributed by atoms with E-state index in [1.165, 1.54) is 50.4 Å². The van der Waals surface area contributed by atoms with E-state index in [0.29, 0.717) is 5.69 Å². The first kappa shape index (κ1) is 23.6. The number of carbonyl (C=O) groups excluding carboxylic acids is 1. The number of nitrogens with one attached hydrogen (secondary N) is 1. The highest BCUT2D eigenvalue weighted by molar-refractivity contribution is 6.00. The van der Waals surface area contributed by atoms with E-state index in [0.717, 1.165) is 0 Å². The summed E-state index contributed by atoms with van der Waals surface area (Å²) in [6, 6.07) is 8.11. The predicted octanol–water partition coefficient (Wildman–Crippen LogP) is 3.56. The third-order valence-electron chi connectivity index (χ3n) is 6.21. The van der Waals surface area contributed by atoms with Crippen LogP contribution in [0.1, 0.15) is 30.5 Å². The van der Waals surface area contributed by atoms with Crippen LogP contribution in [0.4, 0.5) is 18.9 Å². The van der Waals surface area contributed by atoms with Crippen LogP contribution < -0.4 is 15.7 Å². The summed E-state index contributed by atoms with van der Waals surface area (Å²) in [5.41, 5.74) is -5.17. The number of benzene rings is 2. The summed E-state index contributed by atoms with van der Waals surface area (Å²) in [6.07, 6.45) is -5.75. The summed E-state index contributed by atoms with van der Waals surface area (Å²) in [6.45, 7) is 1.53. The van der Waals surface area contributed by atoms with E-state index in [-0.39, 0.29) is 46.4 Å². The molecule has 1 saturated carbocycles. The molecule has 1 aliphatic rings. The third kappa shape index (κ3) is 3.85. The number of aromatic nitrogens is 1. The minimum absolute atomic E-state index is 0.00117. The van der Waals surface area contributed by atoms with Gasteiger partial charge in [-0.1, -0.05) is 17.3 Å². The Labute approximate surface area is 190 Å². The van der Waals surface area contributed by atoms with Crippen molar-refractivity contribution in [1.82, 2.24) is 5.16 Å². The molecule has 2 aromatic carbocycles. The molecule has 1 fully saturated rings. The number of amides is 1. The van der Waals surface area contributed by atoms with Gasteiger partial charge in [-0.05, 0) is 44.0 Å². The fourth-order valence-corrected chi connectivity index (χ4v) is 4.19. The highest BCUT2D eigenvalue weighted by Crippen LogP contribution is 2.59. The average Bonchev–Trinajstić information content (AvgIpc) is 3.55. The van der Waals surface area contributed by atoms with Crippen LogP contribution in [-0.2, 0) is 10.2 Å². The first-order valence-electron chi connectivity index (χ1n) is 10.3. The summed E-state index contributed by atoms with van der Waals surface area (Å²) < 4.78 is 52.1. The molecule has 34 heavy (non-hydrogen) atoms. The van der Waals surface area contributed by atoms with Gasteiger partial charge in [0, 0.05) is 28.5 Å². The Morgan fingerprint density at radius 1 is 1.24 bits per heavy atom. The van der Waals surface area contributed by atoms with Gasteiger partial charge in [0.05, 0.1) is 18.2 Å². The molecule has 4 rings (SSSR count). The molecule has 0 aliphatic heterocycles. The van der Waals surface area contributed by atoms with Gasteiger partial charge in [0.15, 0.2) is 11.5 Å². The second-order valence-electron chi connectivity index (χ2n) is 8.44. The number of fused-ring (bicyclic) bond motifs is 1. The lowest BCUT2D eigenvalue weighted by Gasteiger charge is -2.33. The van der Waals surface area contributed by atoms with Crippen LogP contribution >= 0.6 is 0 Å². The lowest BCUT2D eigenvalue weighted by Crippen LogP contribution is -2.56. The Morgan fingerprint density at radius 3 is 2.56 bits per heavy atom. The van der Waals surface area contributed by atoms with E-state index in [1.54, 1.807) is 0 Å². The minimum atomic E-state index is -5.30. The Hall–Kier alpha value is -3.60. The summed E-state index contributed by atoms with van der Waals surface area (Å²) in [4.78, 5) is 24.7. The van der Waals surface area contributed by atoms with Gasteiger partial charge < -0.3 is 24.8 Å². The van der Waals surface area contributed by atoms with E-state index in [4.69, 9.17) is 4.74 Å². The number of halogens is 3. The monoisotopic (exact) mass is 478 g/mol. The molecule has 1 aromatic heterocycles. The number of methoxy groups -OCH3 is 1. The number of aliphatic hydroxyl groups is 1. The van der Waals surface area contributed by atoms with E-state index < -0.39 is 35.1 Å². The molecule has 1 aliphatic carbocycles. The van der Waals surface area contributed by atoms with Crippen LogP contribution in [0.2, 0.25) is 0 Å². The number of nitrogens with zero attached hydrogens (tertiary/aromatic N) is 1. The zero-order chi connectivity index (χ0) is 24.9. The Balaban J connectivity index is 1.69. The molecule has 3 N–H and O–H groups in total. The first-order chi connectivity index (χ1) is 15.9. The normalized spacial score (nSPS) is 16.6. The Morgan fingerprint density at radius 2 is 1.94 bits per heavy atom. The Bertz CT molecular complexity index is 1330. The van der Waals surface area contributed by atoms with Crippen molar-refractivity contribution < 1.29 is 37.4 Å². The molecule has 1 amide bonds. The SMILES string of the molecule is COc1c(O)cccc1C1(CC(O)(C(=O)Nc2ccc3c(=O)onc(C)c3c2)C(F)(F)F)CC1. The molecule has 180 valence electrons. The molecule has 0 radical (unpaired) electrons. The number of ether oxygens (including phenoxy) is 1. The molecule has 0 spiro atoms.